The minimum atomic E-state index is 0.151. The topological polar surface area (TPSA) is 64.5 Å². The SMILES string of the molecule is COc1cc(OC)nc(SC(CO)C2CC2)n1. The second-order valence-corrected chi connectivity index (χ2v) is 5.12. The largest absolute Gasteiger partial charge is 0.481 e. The smallest absolute Gasteiger partial charge is 0.220 e. The molecule has 1 unspecified atom stereocenters. The lowest BCUT2D eigenvalue weighted by Crippen LogP contribution is -2.11. The molecule has 0 radical (unpaired) electrons. The standard InChI is InChI=1S/C11H16N2O3S/c1-15-9-5-10(16-2)13-11(12-9)17-8(6-14)7-3-4-7/h5,7-8,14H,3-4,6H2,1-2H3. The summed E-state index contributed by atoms with van der Waals surface area (Å²) in [7, 11) is 3.11. The van der Waals surface area contributed by atoms with Crippen molar-refractivity contribution in [1.82, 2.24) is 9.97 Å². The van der Waals surface area contributed by atoms with Crippen molar-refractivity contribution in [2.75, 3.05) is 20.8 Å². The third-order valence-corrected chi connectivity index (χ3v) is 3.89. The van der Waals surface area contributed by atoms with E-state index in [9.17, 15) is 5.11 Å². The molecular formula is C11H16N2O3S. The molecule has 1 aromatic rings. The summed E-state index contributed by atoms with van der Waals surface area (Å²) in [6.45, 7) is 0.151. The summed E-state index contributed by atoms with van der Waals surface area (Å²) in [5, 5.41) is 10.1. The summed E-state index contributed by atoms with van der Waals surface area (Å²) in [6, 6.07) is 1.63. The Balaban J connectivity index is 2.12. The van der Waals surface area contributed by atoms with Crippen LogP contribution in [0, 0.1) is 5.92 Å². The molecule has 1 heterocycles. The number of rotatable bonds is 6. The second-order valence-electron chi connectivity index (χ2n) is 3.91. The van der Waals surface area contributed by atoms with Crippen LogP contribution in [0.4, 0.5) is 0 Å². The zero-order valence-corrected chi connectivity index (χ0v) is 10.7. The van der Waals surface area contributed by atoms with Crippen molar-refractivity contribution < 1.29 is 14.6 Å². The highest BCUT2D eigenvalue weighted by Gasteiger charge is 2.32. The minimum Gasteiger partial charge on any atom is -0.481 e. The lowest BCUT2D eigenvalue weighted by atomic mass is 10.3. The number of hydrogen-bond donors (Lipinski definition) is 1. The van der Waals surface area contributed by atoms with Crippen molar-refractivity contribution in [1.29, 1.82) is 0 Å². The van der Waals surface area contributed by atoms with E-state index in [0.29, 0.717) is 22.8 Å². The molecule has 0 aliphatic heterocycles. The third-order valence-electron chi connectivity index (χ3n) is 2.66. The molecular weight excluding hydrogens is 240 g/mol. The van der Waals surface area contributed by atoms with Gasteiger partial charge in [0.1, 0.15) is 0 Å². The number of aromatic nitrogens is 2. The Labute approximate surface area is 105 Å². The van der Waals surface area contributed by atoms with E-state index in [2.05, 4.69) is 9.97 Å². The van der Waals surface area contributed by atoms with Crippen molar-refractivity contribution in [2.45, 2.75) is 23.2 Å². The van der Waals surface area contributed by atoms with E-state index in [-0.39, 0.29) is 11.9 Å². The van der Waals surface area contributed by atoms with E-state index in [1.807, 2.05) is 0 Å². The Morgan fingerprint density at radius 3 is 2.35 bits per heavy atom. The van der Waals surface area contributed by atoms with Gasteiger partial charge in [-0.25, -0.2) is 0 Å². The van der Waals surface area contributed by atoms with Crippen molar-refractivity contribution in [3.05, 3.63) is 6.07 Å². The average molecular weight is 256 g/mol. The summed E-state index contributed by atoms with van der Waals surface area (Å²) >= 11 is 1.49. The van der Waals surface area contributed by atoms with Crippen LogP contribution in [0.1, 0.15) is 12.8 Å². The first-order valence-electron chi connectivity index (χ1n) is 5.51. The number of thioether (sulfide) groups is 1. The van der Waals surface area contributed by atoms with Gasteiger partial charge in [-0.3, -0.25) is 0 Å². The lowest BCUT2D eigenvalue weighted by Gasteiger charge is -2.12. The van der Waals surface area contributed by atoms with Gasteiger partial charge in [0.25, 0.3) is 0 Å². The number of nitrogens with zero attached hydrogens (tertiary/aromatic N) is 2. The van der Waals surface area contributed by atoms with E-state index in [1.54, 1.807) is 20.3 Å². The van der Waals surface area contributed by atoms with Crippen LogP contribution in [0.25, 0.3) is 0 Å². The van der Waals surface area contributed by atoms with Crippen LogP contribution in [0.3, 0.4) is 0 Å². The molecule has 1 fully saturated rings. The summed E-state index contributed by atoms with van der Waals surface area (Å²) in [5.74, 6) is 1.55. The molecule has 17 heavy (non-hydrogen) atoms. The quantitative estimate of drug-likeness (QED) is 0.612. The predicted octanol–water partition coefficient (Wildman–Crippen LogP) is 1.36. The first-order chi connectivity index (χ1) is 8.26. The van der Waals surface area contributed by atoms with Crippen LogP contribution < -0.4 is 9.47 Å². The van der Waals surface area contributed by atoms with Crippen molar-refractivity contribution >= 4 is 11.8 Å². The van der Waals surface area contributed by atoms with E-state index < -0.39 is 0 Å². The molecule has 1 saturated carbocycles. The van der Waals surface area contributed by atoms with E-state index in [4.69, 9.17) is 9.47 Å². The Kier molecular flexibility index (Phi) is 4.06. The molecule has 0 saturated heterocycles. The molecule has 1 aliphatic rings. The first kappa shape index (κ1) is 12.4. The minimum absolute atomic E-state index is 0.151. The maximum absolute atomic E-state index is 9.31. The normalized spacial score (nSPS) is 16.6. The average Bonchev–Trinajstić information content (AvgIpc) is 3.19. The zero-order valence-electron chi connectivity index (χ0n) is 9.92. The third kappa shape index (κ3) is 3.23. The van der Waals surface area contributed by atoms with Gasteiger partial charge in [-0.05, 0) is 18.8 Å². The summed E-state index contributed by atoms with van der Waals surface area (Å²) in [4.78, 5) is 8.47. The van der Waals surface area contributed by atoms with E-state index in [1.165, 1.54) is 24.6 Å². The molecule has 94 valence electrons. The summed E-state index contributed by atoms with van der Waals surface area (Å²) in [5.41, 5.74) is 0. The molecule has 6 heteroatoms. The van der Waals surface area contributed by atoms with Gasteiger partial charge in [0, 0.05) is 5.25 Å². The highest BCUT2D eigenvalue weighted by Crippen LogP contribution is 2.41. The van der Waals surface area contributed by atoms with Crippen LogP contribution in [-0.2, 0) is 0 Å². The molecule has 0 amide bonds. The van der Waals surface area contributed by atoms with Crippen molar-refractivity contribution in [2.24, 2.45) is 5.92 Å². The molecule has 5 nitrogen and oxygen atoms in total. The first-order valence-corrected chi connectivity index (χ1v) is 6.39. The van der Waals surface area contributed by atoms with Gasteiger partial charge in [-0.1, -0.05) is 11.8 Å². The molecule has 1 aliphatic carbocycles. The van der Waals surface area contributed by atoms with E-state index in [0.717, 1.165) is 0 Å². The Hall–Kier alpha value is -1.01. The van der Waals surface area contributed by atoms with Gasteiger partial charge in [0.15, 0.2) is 5.16 Å². The van der Waals surface area contributed by atoms with E-state index >= 15 is 0 Å². The molecule has 2 rings (SSSR count). The van der Waals surface area contributed by atoms with Gasteiger partial charge in [-0.15, -0.1) is 0 Å². The molecule has 0 aromatic carbocycles. The molecule has 0 bridgehead atoms. The van der Waals surface area contributed by atoms with Gasteiger partial charge in [-0.2, -0.15) is 9.97 Å². The lowest BCUT2D eigenvalue weighted by molar-refractivity contribution is 0.286. The van der Waals surface area contributed by atoms with Crippen molar-refractivity contribution in [3.8, 4) is 11.8 Å². The summed E-state index contributed by atoms with van der Waals surface area (Å²) < 4.78 is 10.2. The van der Waals surface area contributed by atoms with Crippen LogP contribution >= 0.6 is 11.8 Å². The van der Waals surface area contributed by atoms with Crippen LogP contribution in [0.15, 0.2) is 11.2 Å². The van der Waals surface area contributed by atoms with Gasteiger partial charge >= 0.3 is 0 Å². The van der Waals surface area contributed by atoms with Gasteiger partial charge < -0.3 is 14.6 Å². The molecule has 1 atom stereocenters. The van der Waals surface area contributed by atoms with Gasteiger partial charge in [0.05, 0.1) is 26.9 Å². The highest BCUT2D eigenvalue weighted by atomic mass is 32.2. The highest BCUT2D eigenvalue weighted by molar-refractivity contribution is 7.99. The fourth-order valence-electron chi connectivity index (χ4n) is 1.53. The molecule has 1 aromatic heterocycles. The van der Waals surface area contributed by atoms with Crippen molar-refractivity contribution in [3.63, 3.8) is 0 Å². The number of aliphatic hydroxyl groups is 1. The monoisotopic (exact) mass is 256 g/mol. The van der Waals surface area contributed by atoms with Crippen LogP contribution in [-0.4, -0.2) is 41.2 Å². The Morgan fingerprint density at radius 2 is 1.94 bits per heavy atom. The van der Waals surface area contributed by atoms with Crippen LogP contribution in [0.2, 0.25) is 0 Å². The second kappa shape index (κ2) is 5.55. The van der Waals surface area contributed by atoms with Gasteiger partial charge in [0.2, 0.25) is 11.8 Å². The maximum Gasteiger partial charge on any atom is 0.220 e. The zero-order chi connectivity index (χ0) is 12.3. The molecule has 1 N–H and O–H groups in total. The number of hydrogen-bond acceptors (Lipinski definition) is 6. The van der Waals surface area contributed by atoms with Crippen LogP contribution in [0.5, 0.6) is 11.8 Å². The predicted molar refractivity (Wildman–Crippen MR) is 64.6 cm³/mol. The molecule has 0 spiro atoms. The number of ether oxygens (including phenoxy) is 2. The number of aliphatic hydroxyl groups excluding tert-OH is 1. The fourth-order valence-corrected chi connectivity index (χ4v) is 2.63. The Bertz CT molecular complexity index is 363. The maximum atomic E-state index is 9.31. The fraction of sp³-hybridized carbons (Fsp3) is 0.636. The number of methoxy groups -OCH3 is 2. The summed E-state index contributed by atoms with van der Waals surface area (Å²) in [6.07, 6.45) is 2.36. The Morgan fingerprint density at radius 1 is 1.35 bits per heavy atom.